The second kappa shape index (κ2) is 7.53. The van der Waals surface area contributed by atoms with E-state index >= 15 is 0 Å². The van der Waals surface area contributed by atoms with Crippen LogP contribution >= 0.6 is 0 Å². The Bertz CT molecular complexity index is 568. The molecule has 17 heteroatoms. The van der Waals surface area contributed by atoms with Crippen LogP contribution in [0.5, 0.6) is 0 Å². The molecule has 0 aliphatic rings. The van der Waals surface area contributed by atoms with Gasteiger partial charge in [0.1, 0.15) is 0 Å². The van der Waals surface area contributed by atoms with Gasteiger partial charge in [-0.05, 0) is 6.42 Å². The number of halogens is 15. The third kappa shape index (κ3) is 3.72. The van der Waals surface area contributed by atoms with E-state index in [-0.39, 0.29) is 0 Å². The molecular formula is C12H11F15O2. The van der Waals surface area contributed by atoms with Gasteiger partial charge in [-0.25, -0.2) is 0 Å². The van der Waals surface area contributed by atoms with E-state index in [1.54, 1.807) is 0 Å². The first kappa shape index (κ1) is 27.9. The minimum atomic E-state index is -8.39. The van der Waals surface area contributed by atoms with E-state index in [1.807, 2.05) is 0 Å². The van der Waals surface area contributed by atoms with Crippen LogP contribution in [0.25, 0.3) is 0 Å². The Morgan fingerprint density at radius 3 is 1.17 bits per heavy atom. The summed E-state index contributed by atoms with van der Waals surface area (Å²) in [4.78, 5) is 0. The van der Waals surface area contributed by atoms with Crippen molar-refractivity contribution in [3.8, 4) is 0 Å². The van der Waals surface area contributed by atoms with Gasteiger partial charge >= 0.3 is 41.7 Å². The number of hydrogen-bond donors (Lipinski definition) is 2. The zero-order valence-corrected chi connectivity index (χ0v) is 13.6. The predicted molar refractivity (Wildman–Crippen MR) is 62.6 cm³/mol. The minimum absolute atomic E-state index is 0.742. The highest BCUT2D eigenvalue weighted by Gasteiger charge is 2.93. The van der Waals surface area contributed by atoms with Crippen LogP contribution < -0.4 is 0 Å². The minimum Gasteiger partial charge on any atom is -0.396 e. The third-order valence-corrected chi connectivity index (χ3v) is 3.90. The van der Waals surface area contributed by atoms with Gasteiger partial charge in [-0.3, -0.25) is 0 Å². The molecule has 0 aromatic carbocycles. The molecular weight excluding hydrogens is 461 g/mol. The van der Waals surface area contributed by atoms with Gasteiger partial charge < -0.3 is 10.2 Å². The molecule has 29 heavy (non-hydrogen) atoms. The fraction of sp³-hybridized carbons (Fsp3) is 1.00. The smallest absolute Gasteiger partial charge is 0.396 e. The van der Waals surface area contributed by atoms with Crippen LogP contribution in [-0.2, 0) is 0 Å². The highest BCUT2D eigenvalue weighted by atomic mass is 19.4. The van der Waals surface area contributed by atoms with Crippen molar-refractivity contribution in [1.29, 1.82) is 0 Å². The molecule has 0 aliphatic heterocycles. The van der Waals surface area contributed by atoms with Gasteiger partial charge in [-0.15, -0.1) is 0 Å². The summed E-state index contributed by atoms with van der Waals surface area (Å²) in [5, 5.41) is 17.6. The Hall–Kier alpha value is -1.13. The standard InChI is InChI=1S/C12H11F15O2/c1-2-5(29)4(3-28)6(13,14)7(15,16)8(17,18)9(19,20)10(21,22)11(23,24)12(25,26)27/h4-5,28-29H,2-3H2,1H3. The molecule has 0 bridgehead atoms. The highest BCUT2D eigenvalue weighted by Crippen LogP contribution is 2.63. The second-order valence-corrected chi connectivity index (χ2v) is 5.76. The molecule has 2 unspecified atom stereocenters. The molecule has 2 nitrogen and oxygen atoms in total. The van der Waals surface area contributed by atoms with E-state index in [0.29, 0.717) is 0 Å². The molecule has 2 atom stereocenters. The number of aliphatic hydroxyl groups is 2. The average molecular weight is 472 g/mol. The molecule has 0 aromatic rings. The summed E-state index contributed by atoms with van der Waals surface area (Å²) in [6.07, 6.45) is -11.5. The van der Waals surface area contributed by atoms with Crippen LogP contribution in [0.3, 0.4) is 0 Å². The second-order valence-electron chi connectivity index (χ2n) is 5.76. The molecule has 0 rings (SSSR count). The van der Waals surface area contributed by atoms with Crippen molar-refractivity contribution in [1.82, 2.24) is 0 Å². The lowest BCUT2D eigenvalue weighted by Crippen LogP contribution is -2.73. The molecule has 0 saturated heterocycles. The summed E-state index contributed by atoms with van der Waals surface area (Å²) in [7, 11) is 0. The van der Waals surface area contributed by atoms with Crippen molar-refractivity contribution in [2.45, 2.75) is 61.2 Å². The summed E-state index contributed by atoms with van der Waals surface area (Å²) in [6.45, 7) is -1.57. The largest absolute Gasteiger partial charge is 0.460 e. The molecule has 0 aliphatic carbocycles. The third-order valence-electron chi connectivity index (χ3n) is 3.90. The van der Waals surface area contributed by atoms with Crippen molar-refractivity contribution in [2.75, 3.05) is 6.61 Å². The molecule has 0 aromatic heterocycles. The van der Waals surface area contributed by atoms with Crippen LogP contribution in [0.1, 0.15) is 13.3 Å². The first-order chi connectivity index (χ1) is 12.4. The van der Waals surface area contributed by atoms with Gasteiger partial charge in [0, 0.05) is 0 Å². The number of alkyl halides is 15. The van der Waals surface area contributed by atoms with E-state index in [1.165, 1.54) is 0 Å². The molecule has 0 saturated carbocycles. The zero-order valence-electron chi connectivity index (χ0n) is 13.6. The van der Waals surface area contributed by atoms with Gasteiger partial charge in [-0.1, -0.05) is 6.92 Å². The molecule has 176 valence electrons. The van der Waals surface area contributed by atoms with E-state index in [4.69, 9.17) is 10.2 Å². The van der Waals surface area contributed by atoms with Gasteiger partial charge in [0.2, 0.25) is 0 Å². The van der Waals surface area contributed by atoms with E-state index in [0.717, 1.165) is 6.92 Å². The van der Waals surface area contributed by atoms with Crippen LogP contribution in [0.4, 0.5) is 65.9 Å². The molecule has 0 spiro atoms. The number of hydrogen-bond acceptors (Lipinski definition) is 2. The fourth-order valence-electron chi connectivity index (χ4n) is 1.97. The van der Waals surface area contributed by atoms with Crippen LogP contribution in [0.2, 0.25) is 0 Å². The van der Waals surface area contributed by atoms with Crippen molar-refractivity contribution in [3.63, 3.8) is 0 Å². The van der Waals surface area contributed by atoms with Gasteiger partial charge in [0.25, 0.3) is 0 Å². The van der Waals surface area contributed by atoms with E-state index < -0.39 is 66.8 Å². The Morgan fingerprint density at radius 2 is 0.897 bits per heavy atom. The summed E-state index contributed by atoms with van der Waals surface area (Å²) in [5.41, 5.74) is 0. The maximum Gasteiger partial charge on any atom is 0.460 e. The molecule has 2 N–H and O–H groups in total. The Labute approximate surface area is 151 Å². The average Bonchev–Trinajstić information content (AvgIpc) is 2.52. The molecule has 0 amide bonds. The summed E-state index contributed by atoms with van der Waals surface area (Å²) in [6, 6.07) is 0. The van der Waals surface area contributed by atoms with Crippen LogP contribution in [0, 0.1) is 5.92 Å². The maximum absolute atomic E-state index is 13.7. The van der Waals surface area contributed by atoms with Crippen molar-refractivity contribution >= 4 is 0 Å². The van der Waals surface area contributed by atoms with Crippen LogP contribution in [-0.4, -0.2) is 64.6 Å². The lowest BCUT2D eigenvalue weighted by molar-refractivity contribution is -0.455. The SMILES string of the molecule is CCC(O)C(CO)C(F)(F)C(F)(F)C(F)(F)C(F)(F)C(F)(F)C(F)(F)C(F)(F)F. The van der Waals surface area contributed by atoms with Crippen molar-refractivity contribution < 1.29 is 76.1 Å². The molecule has 0 fully saturated rings. The lowest BCUT2D eigenvalue weighted by Gasteiger charge is -2.43. The van der Waals surface area contributed by atoms with Gasteiger partial charge in [-0.2, -0.15) is 65.9 Å². The van der Waals surface area contributed by atoms with E-state index in [2.05, 4.69) is 0 Å². The van der Waals surface area contributed by atoms with Crippen molar-refractivity contribution in [3.05, 3.63) is 0 Å². The zero-order chi connectivity index (χ0) is 24.1. The summed E-state index contributed by atoms with van der Waals surface area (Å²) < 4.78 is 195. The summed E-state index contributed by atoms with van der Waals surface area (Å²) >= 11 is 0. The van der Waals surface area contributed by atoms with Crippen LogP contribution in [0.15, 0.2) is 0 Å². The van der Waals surface area contributed by atoms with E-state index in [9.17, 15) is 65.9 Å². The quantitative estimate of drug-likeness (QED) is 0.477. The normalized spacial score (nSPS) is 18.0. The molecule has 0 radical (unpaired) electrons. The fourth-order valence-corrected chi connectivity index (χ4v) is 1.97. The van der Waals surface area contributed by atoms with Crippen molar-refractivity contribution in [2.24, 2.45) is 5.92 Å². The Kier molecular flexibility index (Phi) is 7.24. The first-order valence-corrected chi connectivity index (χ1v) is 7.05. The van der Waals surface area contributed by atoms with Gasteiger partial charge in [0.15, 0.2) is 0 Å². The van der Waals surface area contributed by atoms with Gasteiger partial charge in [0.05, 0.1) is 18.6 Å². The maximum atomic E-state index is 13.7. The highest BCUT2D eigenvalue weighted by molar-refractivity contribution is 5.14. The number of aliphatic hydroxyl groups excluding tert-OH is 2. The Balaban J connectivity index is 6.64. The first-order valence-electron chi connectivity index (χ1n) is 7.05. The lowest BCUT2D eigenvalue weighted by atomic mass is 9.83. The Morgan fingerprint density at radius 1 is 0.586 bits per heavy atom. The predicted octanol–water partition coefficient (Wildman–Crippen LogP) is 4.74. The monoisotopic (exact) mass is 472 g/mol. The summed E-state index contributed by atoms with van der Waals surface area (Å²) in [5.74, 6) is -51.1. The number of rotatable bonds is 9. The molecule has 0 heterocycles. The topological polar surface area (TPSA) is 40.5 Å².